The summed E-state index contributed by atoms with van der Waals surface area (Å²) >= 11 is 5.76. The van der Waals surface area contributed by atoms with E-state index < -0.39 is 11.9 Å². The molecule has 2 aromatic carbocycles. The average Bonchev–Trinajstić information content (AvgIpc) is 2.55. The van der Waals surface area contributed by atoms with Crippen molar-refractivity contribution in [2.45, 2.75) is 6.42 Å². The number of benzene rings is 2. The third-order valence-electron chi connectivity index (χ3n) is 2.97. The van der Waals surface area contributed by atoms with Gasteiger partial charge in [-0.1, -0.05) is 23.7 Å². The molecule has 0 aromatic heterocycles. The number of esters is 1. The number of anilines is 1. The van der Waals surface area contributed by atoms with Gasteiger partial charge in [0.2, 0.25) is 0 Å². The molecule has 0 unspecified atom stereocenters. The Kier molecular flexibility index (Phi) is 6.00. The number of nitrogens with one attached hydrogen (secondary N) is 1. The maximum Gasteiger partial charge on any atom is 0.310 e. The van der Waals surface area contributed by atoms with Crippen LogP contribution >= 0.6 is 11.6 Å². The molecule has 0 atom stereocenters. The van der Waals surface area contributed by atoms with Gasteiger partial charge in [-0.05, 0) is 42.0 Å². The summed E-state index contributed by atoms with van der Waals surface area (Å²) in [7, 11) is 1.55. The molecule has 2 rings (SSSR count). The predicted molar refractivity (Wildman–Crippen MR) is 87.7 cm³/mol. The second-order valence-electron chi connectivity index (χ2n) is 4.74. The average molecular weight is 334 g/mol. The topological polar surface area (TPSA) is 64.6 Å². The zero-order valence-corrected chi connectivity index (χ0v) is 13.3. The number of carbonyl (C=O) groups excluding carboxylic acids is 2. The minimum absolute atomic E-state index is 0.0748. The normalized spacial score (nSPS) is 10.0. The first-order valence-corrected chi connectivity index (χ1v) is 7.28. The van der Waals surface area contributed by atoms with Gasteiger partial charge < -0.3 is 14.8 Å². The highest BCUT2D eigenvalue weighted by atomic mass is 35.5. The molecule has 1 amide bonds. The van der Waals surface area contributed by atoms with Gasteiger partial charge in [-0.25, -0.2) is 0 Å². The Morgan fingerprint density at radius 1 is 1.13 bits per heavy atom. The molecular formula is C17H16ClNO4. The SMILES string of the molecule is COc1cccc(CC(=O)OCC(=O)Nc2ccc(Cl)cc2)c1. The molecule has 0 fully saturated rings. The minimum atomic E-state index is -0.482. The van der Waals surface area contributed by atoms with Gasteiger partial charge in [0.1, 0.15) is 5.75 Å². The molecule has 0 aliphatic carbocycles. The number of methoxy groups -OCH3 is 1. The highest BCUT2D eigenvalue weighted by molar-refractivity contribution is 6.30. The molecule has 5 nitrogen and oxygen atoms in total. The Morgan fingerprint density at radius 2 is 1.87 bits per heavy atom. The van der Waals surface area contributed by atoms with E-state index in [-0.39, 0.29) is 13.0 Å². The summed E-state index contributed by atoms with van der Waals surface area (Å²) in [5, 5.41) is 3.19. The van der Waals surface area contributed by atoms with E-state index in [1.807, 2.05) is 0 Å². The van der Waals surface area contributed by atoms with Crippen LogP contribution in [0.15, 0.2) is 48.5 Å². The van der Waals surface area contributed by atoms with Gasteiger partial charge >= 0.3 is 5.97 Å². The largest absolute Gasteiger partial charge is 0.497 e. The monoisotopic (exact) mass is 333 g/mol. The van der Waals surface area contributed by atoms with Gasteiger partial charge in [-0.3, -0.25) is 9.59 Å². The van der Waals surface area contributed by atoms with Crippen molar-refractivity contribution < 1.29 is 19.1 Å². The van der Waals surface area contributed by atoms with Crippen LogP contribution in [0.3, 0.4) is 0 Å². The van der Waals surface area contributed by atoms with Crippen LogP contribution in [-0.4, -0.2) is 25.6 Å². The summed E-state index contributed by atoms with van der Waals surface area (Å²) in [5.41, 5.74) is 1.34. The quantitative estimate of drug-likeness (QED) is 0.825. The van der Waals surface area contributed by atoms with E-state index in [2.05, 4.69) is 5.32 Å². The summed E-state index contributed by atoms with van der Waals surface area (Å²) in [6.45, 7) is -0.342. The van der Waals surface area contributed by atoms with Crippen LogP contribution in [0.2, 0.25) is 5.02 Å². The maximum atomic E-state index is 11.8. The van der Waals surface area contributed by atoms with Gasteiger partial charge in [-0.2, -0.15) is 0 Å². The van der Waals surface area contributed by atoms with Crippen molar-refractivity contribution in [3.8, 4) is 5.75 Å². The van der Waals surface area contributed by atoms with E-state index in [9.17, 15) is 9.59 Å². The van der Waals surface area contributed by atoms with E-state index in [0.717, 1.165) is 5.56 Å². The number of amides is 1. The second-order valence-corrected chi connectivity index (χ2v) is 5.18. The lowest BCUT2D eigenvalue weighted by molar-refractivity contribution is -0.146. The van der Waals surface area contributed by atoms with Crippen LogP contribution in [0, 0.1) is 0 Å². The first-order valence-electron chi connectivity index (χ1n) is 6.91. The summed E-state index contributed by atoms with van der Waals surface area (Å²) in [6, 6.07) is 13.8. The maximum absolute atomic E-state index is 11.8. The van der Waals surface area contributed by atoms with Crippen molar-refractivity contribution in [1.82, 2.24) is 0 Å². The van der Waals surface area contributed by atoms with Crippen molar-refractivity contribution in [2.75, 3.05) is 19.0 Å². The summed E-state index contributed by atoms with van der Waals surface area (Å²) in [6.07, 6.45) is 0.0748. The fourth-order valence-electron chi connectivity index (χ4n) is 1.88. The Morgan fingerprint density at radius 3 is 2.57 bits per heavy atom. The Balaban J connectivity index is 1.79. The molecule has 0 aliphatic rings. The summed E-state index contributed by atoms with van der Waals surface area (Å²) in [5.74, 6) is -0.230. The van der Waals surface area contributed by atoms with Crippen molar-refractivity contribution in [3.05, 3.63) is 59.1 Å². The van der Waals surface area contributed by atoms with E-state index in [1.54, 1.807) is 55.6 Å². The lowest BCUT2D eigenvalue weighted by Gasteiger charge is -2.07. The zero-order chi connectivity index (χ0) is 16.7. The van der Waals surface area contributed by atoms with Crippen LogP contribution in [0.4, 0.5) is 5.69 Å². The molecule has 120 valence electrons. The van der Waals surface area contributed by atoms with Crippen molar-refractivity contribution in [2.24, 2.45) is 0 Å². The van der Waals surface area contributed by atoms with E-state index in [4.69, 9.17) is 21.1 Å². The molecule has 2 aromatic rings. The first-order chi connectivity index (χ1) is 11.1. The fourth-order valence-corrected chi connectivity index (χ4v) is 2.00. The highest BCUT2D eigenvalue weighted by Gasteiger charge is 2.09. The molecule has 0 heterocycles. The van der Waals surface area contributed by atoms with Gasteiger partial charge in [0, 0.05) is 10.7 Å². The van der Waals surface area contributed by atoms with Crippen LogP contribution in [0.1, 0.15) is 5.56 Å². The number of rotatable bonds is 6. The Bertz CT molecular complexity index is 685. The standard InChI is InChI=1S/C17H16ClNO4/c1-22-15-4-2-3-12(9-15)10-17(21)23-11-16(20)19-14-7-5-13(18)6-8-14/h2-9H,10-11H2,1H3,(H,19,20). The summed E-state index contributed by atoms with van der Waals surface area (Å²) < 4.78 is 10.0. The smallest absolute Gasteiger partial charge is 0.310 e. The predicted octanol–water partition coefficient (Wildman–Crippen LogP) is 3.07. The van der Waals surface area contributed by atoms with Crippen LogP contribution in [-0.2, 0) is 20.7 Å². The third kappa shape index (κ3) is 5.64. The van der Waals surface area contributed by atoms with Gasteiger partial charge in [0.15, 0.2) is 6.61 Å². The molecule has 0 saturated heterocycles. The Hall–Kier alpha value is -2.53. The minimum Gasteiger partial charge on any atom is -0.497 e. The lowest BCUT2D eigenvalue weighted by atomic mass is 10.1. The number of carbonyl (C=O) groups is 2. The van der Waals surface area contributed by atoms with Crippen LogP contribution in [0.5, 0.6) is 5.75 Å². The van der Waals surface area contributed by atoms with Gasteiger partial charge in [0.25, 0.3) is 5.91 Å². The summed E-state index contributed by atoms with van der Waals surface area (Å²) in [4.78, 5) is 23.5. The fraction of sp³-hybridized carbons (Fsp3) is 0.176. The van der Waals surface area contributed by atoms with Crippen molar-refractivity contribution in [3.63, 3.8) is 0 Å². The van der Waals surface area contributed by atoms with Crippen molar-refractivity contribution in [1.29, 1.82) is 0 Å². The third-order valence-corrected chi connectivity index (χ3v) is 3.23. The number of halogens is 1. The molecule has 0 saturated carbocycles. The molecule has 0 bridgehead atoms. The molecule has 1 N–H and O–H groups in total. The molecule has 23 heavy (non-hydrogen) atoms. The van der Waals surface area contributed by atoms with Crippen LogP contribution < -0.4 is 10.1 Å². The van der Waals surface area contributed by atoms with Gasteiger partial charge in [0.05, 0.1) is 13.5 Å². The number of hydrogen-bond acceptors (Lipinski definition) is 4. The van der Waals surface area contributed by atoms with E-state index >= 15 is 0 Å². The number of hydrogen-bond donors (Lipinski definition) is 1. The van der Waals surface area contributed by atoms with E-state index in [1.165, 1.54) is 0 Å². The van der Waals surface area contributed by atoms with Crippen LogP contribution in [0.25, 0.3) is 0 Å². The second kappa shape index (κ2) is 8.19. The number of ether oxygens (including phenoxy) is 2. The first kappa shape index (κ1) is 16.8. The molecule has 0 radical (unpaired) electrons. The van der Waals surface area contributed by atoms with Gasteiger partial charge in [-0.15, -0.1) is 0 Å². The Labute approximate surface area is 139 Å². The molecular weight excluding hydrogens is 318 g/mol. The molecule has 6 heteroatoms. The zero-order valence-electron chi connectivity index (χ0n) is 12.5. The molecule has 0 spiro atoms. The molecule has 0 aliphatic heterocycles. The lowest BCUT2D eigenvalue weighted by Crippen LogP contribution is -2.21. The highest BCUT2D eigenvalue weighted by Crippen LogP contribution is 2.14. The van der Waals surface area contributed by atoms with Crippen molar-refractivity contribution >= 4 is 29.2 Å². The van der Waals surface area contributed by atoms with E-state index in [0.29, 0.717) is 16.5 Å².